The summed E-state index contributed by atoms with van der Waals surface area (Å²) >= 11 is 12.1. The van der Waals surface area contributed by atoms with Crippen molar-refractivity contribution >= 4 is 23.2 Å². The first-order valence-electron chi connectivity index (χ1n) is 6.13. The maximum absolute atomic E-state index is 6.06. The molecule has 2 aromatic rings. The van der Waals surface area contributed by atoms with Crippen molar-refractivity contribution in [1.82, 2.24) is 20.3 Å². The number of nitrogens with zero attached hydrogens (tertiary/aromatic N) is 3. The normalized spacial score (nSPS) is 12.6. The van der Waals surface area contributed by atoms with Crippen molar-refractivity contribution in [3.8, 4) is 0 Å². The van der Waals surface area contributed by atoms with Crippen molar-refractivity contribution in [2.24, 2.45) is 7.05 Å². The molecule has 6 heteroatoms. The van der Waals surface area contributed by atoms with Crippen LogP contribution < -0.4 is 5.32 Å². The molecule has 102 valence electrons. The van der Waals surface area contributed by atoms with Crippen LogP contribution in [0.3, 0.4) is 0 Å². The zero-order valence-corrected chi connectivity index (χ0v) is 12.4. The summed E-state index contributed by atoms with van der Waals surface area (Å²) in [6, 6.07) is 5.71. The molecule has 2 rings (SSSR count). The van der Waals surface area contributed by atoms with Crippen molar-refractivity contribution in [2.75, 3.05) is 6.54 Å². The largest absolute Gasteiger partial charge is 0.310 e. The molecular formula is C13H16Cl2N4. The lowest BCUT2D eigenvalue weighted by Crippen LogP contribution is -2.23. The third-order valence-corrected chi connectivity index (χ3v) is 3.24. The molecule has 0 spiro atoms. The summed E-state index contributed by atoms with van der Waals surface area (Å²) < 4.78 is 1.70. The van der Waals surface area contributed by atoms with Gasteiger partial charge in [0.2, 0.25) is 0 Å². The van der Waals surface area contributed by atoms with Gasteiger partial charge in [-0.2, -0.15) is 0 Å². The van der Waals surface area contributed by atoms with Gasteiger partial charge in [-0.3, -0.25) is 4.68 Å². The molecule has 19 heavy (non-hydrogen) atoms. The predicted octanol–water partition coefficient (Wildman–Crippen LogP) is 3.02. The van der Waals surface area contributed by atoms with E-state index in [1.807, 2.05) is 25.4 Å². The molecule has 0 saturated heterocycles. The van der Waals surface area contributed by atoms with E-state index in [-0.39, 0.29) is 6.04 Å². The van der Waals surface area contributed by atoms with E-state index < -0.39 is 0 Å². The van der Waals surface area contributed by atoms with Gasteiger partial charge in [-0.25, -0.2) is 0 Å². The smallest absolute Gasteiger partial charge is 0.0845 e. The zero-order valence-electron chi connectivity index (χ0n) is 10.9. The molecule has 1 aromatic heterocycles. The molecule has 0 amide bonds. The number of benzene rings is 1. The number of likely N-dealkylation sites (N-methyl/N-ethyl adjacent to an activating group) is 1. The molecule has 1 N–H and O–H groups in total. The van der Waals surface area contributed by atoms with E-state index >= 15 is 0 Å². The number of aryl methyl sites for hydroxylation is 1. The predicted molar refractivity (Wildman–Crippen MR) is 77.6 cm³/mol. The molecule has 1 atom stereocenters. The lowest BCUT2D eigenvalue weighted by molar-refractivity contribution is 0.543. The van der Waals surface area contributed by atoms with E-state index in [4.69, 9.17) is 23.2 Å². The Bertz CT molecular complexity index is 533. The first-order valence-corrected chi connectivity index (χ1v) is 6.88. The van der Waals surface area contributed by atoms with Gasteiger partial charge in [0.1, 0.15) is 0 Å². The van der Waals surface area contributed by atoms with E-state index in [0.717, 1.165) is 24.2 Å². The molecule has 0 aliphatic carbocycles. The van der Waals surface area contributed by atoms with Gasteiger partial charge in [0, 0.05) is 35.8 Å². The van der Waals surface area contributed by atoms with Gasteiger partial charge < -0.3 is 5.32 Å². The van der Waals surface area contributed by atoms with E-state index in [0.29, 0.717) is 10.0 Å². The van der Waals surface area contributed by atoms with Gasteiger partial charge >= 0.3 is 0 Å². The Balaban J connectivity index is 2.23. The molecule has 1 aromatic carbocycles. The summed E-state index contributed by atoms with van der Waals surface area (Å²) in [7, 11) is 1.86. The van der Waals surface area contributed by atoms with Crippen molar-refractivity contribution in [2.45, 2.75) is 19.4 Å². The van der Waals surface area contributed by atoms with Crippen LogP contribution >= 0.6 is 23.2 Å². The summed E-state index contributed by atoms with van der Waals surface area (Å²) in [5, 5.41) is 12.8. The molecular weight excluding hydrogens is 283 g/mol. The summed E-state index contributed by atoms with van der Waals surface area (Å²) in [6.45, 7) is 2.92. The van der Waals surface area contributed by atoms with Crippen LogP contribution in [0.1, 0.15) is 24.2 Å². The summed E-state index contributed by atoms with van der Waals surface area (Å²) in [5.74, 6) is 0. The van der Waals surface area contributed by atoms with Crippen LogP contribution in [0.4, 0.5) is 0 Å². The van der Waals surface area contributed by atoms with Crippen molar-refractivity contribution in [3.63, 3.8) is 0 Å². The number of halogens is 2. The highest BCUT2D eigenvalue weighted by atomic mass is 35.5. The molecule has 0 aliphatic heterocycles. The summed E-state index contributed by atoms with van der Waals surface area (Å²) in [4.78, 5) is 0. The fourth-order valence-electron chi connectivity index (χ4n) is 2.03. The van der Waals surface area contributed by atoms with Gasteiger partial charge in [0.05, 0.1) is 5.69 Å². The van der Waals surface area contributed by atoms with E-state index in [1.165, 1.54) is 0 Å². The van der Waals surface area contributed by atoms with Crippen LogP contribution in [0, 0.1) is 0 Å². The molecule has 4 nitrogen and oxygen atoms in total. The highest BCUT2D eigenvalue weighted by molar-refractivity contribution is 6.34. The number of hydrogen-bond acceptors (Lipinski definition) is 3. The van der Waals surface area contributed by atoms with Crippen LogP contribution in [0.5, 0.6) is 0 Å². The van der Waals surface area contributed by atoms with Gasteiger partial charge in [-0.05, 0) is 30.3 Å². The zero-order chi connectivity index (χ0) is 13.8. The van der Waals surface area contributed by atoms with Gasteiger partial charge in [0.15, 0.2) is 0 Å². The second kappa shape index (κ2) is 6.37. The van der Waals surface area contributed by atoms with Gasteiger partial charge in [-0.1, -0.05) is 35.3 Å². The van der Waals surface area contributed by atoms with E-state index in [9.17, 15) is 0 Å². The Labute approximate surface area is 122 Å². The standard InChI is InChI=1S/C13H16Cl2N4/c1-3-16-13(7-12-8-19(2)18-17-12)9-4-10(14)6-11(15)5-9/h4-6,8,13,16H,3,7H2,1-2H3. The maximum Gasteiger partial charge on any atom is 0.0845 e. The highest BCUT2D eigenvalue weighted by Gasteiger charge is 2.14. The van der Waals surface area contributed by atoms with Crippen LogP contribution in [0.2, 0.25) is 10.0 Å². The molecule has 1 heterocycles. The monoisotopic (exact) mass is 298 g/mol. The second-order valence-corrected chi connectivity index (χ2v) is 5.27. The summed E-state index contributed by atoms with van der Waals surface area (Å²) in [6.07, 6.45) is 2.66. The minimum absolute atomic E-state index is 0.123. The fraction of sp³-hybridized carbons (Fsp3) is 0.385. The Kier molecular flexibility index (Phi) is 4.80. The quantitative estimate of drug-likeness (QED) is 0.923. The average Bonchev–Trinajstić information content (AvgIpc) is 2.73. The molecule has 0 aliphatic rings. The van der Waals surface area contributed by atoms with Gasteiger partial charge in [-0.15, -0.1) is 5.10 Å². The van der Waals surface area contributed by atoms with Crippen LogP contribution in [0.15, 0.2) is 24.4 Å². The first kappa shape index (κ1) is 14.3. The van der Waals surface area contributed by atoms with E-state index in [1.54, 1.807) is 10.7 Å². The molecule has 1 unspecified atom stereocenters. The molecule has 0 saturated carbocycles. The minimum atomic E-state index is 0.123. The molecule has 0 bridgehead atoms. The third-order valence-electron chi connectivity index (χ3n) is 2.80. The fourth-order valence-corrected chi connectivity index (χ4v) is 2.57. The summed E-state index contributed by atoms with van der Waals surface area (Å²) in [5.41, 5.74) is 1.99. The SMILES string of the molecule is CCNC(Cc1cn(C)nn1)c1cc(Cl)cc(Cl)c1. The van der Waals surface area contributed by atoms with Crippen molar-refractivity contribution < 1.29 is 0 Å². The average molecular weight is 299 g/mol. The minimum Gasteiger partial charge on any atom is -0.310 e. The molecule has 0 fully saturated rings. The number of rotatable bonds is 5. The lowest BCUT2D eigenvalue weighted by atomic mass is 10.0. The molecule has 0 radical (unpaired) electrons. The Morgan fingerprint density at radius 3 is 2.47 bits per heavy atom. The van der Waals surface area contributed by atoms with Crippen LogP contribution in [-0.2, 0) is 13.5 Å². The maximum atomic E-state index is 6.06. The van der Waals surface area contributed by atoms with Gasteiger partial charge in [0.25, 0.3) is 0 Å². The van der Waals surface area contributed by atoms with E-state index in [2.05, 4.69) is 22.6 Å². The van der Waals surface area contributed by atoms with Crippen molar-refractivity contribution in [3.05, 3.63) is 45.7 Å². The first-order chi connectivity index (χ1) is 9.08. The Morgan fingerprint density at radius 2 is 1.95 bits per heavy atom. The number of hydrogen-bond donors (Lipinski definition) is 1. The van der Waals surface area contributed by atoms with Crippen molar-refractivity contribution in [1.29, 1.82) is 0 Å². The Morgan fingerprint density at radius 1 is 1.26 bits per heavy atom. The lowest BCUT2D eigenvalue weighted by Gasteiger charge is -2.17. The van der Waals surface area contributed by atoms with Crippen LogP contribution in [-0.4, -0.2) is 21.5 Å². The highest BCUT2D eigenvalue weighted by Crippen LogP contribution is 2.25. The number of aromatic nitrogens is 3. The second-order valence-electron chi connectivity index (χ2n) is 4.40. The van der Waals surface area contributed by atoms with Crippen LogP contribution in [0.25, 0.3) is 0 Å². The topological polar surface area (TPSA) is 42.7 Å². The Hall–Kier alpha value is -1.10. The third kappa shape index (κ3) is 3.93. The number of nitrogens with one attached hydrogen (secondary N) is 1.